The average molecular weight is 373 g/mol. The van der Waals surface area contributed by atoms with Crippen LogP contribution in [0.4, 0.5) is 5.69 Å². The number of hydrogen-bond donors (Lipinski definition) is 1. The highest BCUT2D eigenvalue weighted by molar-refractivity contribution is 6.05. The largest absolute Gasteiger partial charge is 0.491 e. The zero-order valence-electron chi connectivity index (χ0n) is 17.0. The quantitative estimate of drug-likeness (QED) is 0.541. The predicted octanol–water partition coefficient (Wildman–Crippen LogP) is 5.34. The molecule has 1 aromatic heterocycles. The Morgan fingerprint density at radius 2 is 1.93 bits per heavy atom. The van der Waals surface area contributed by atoms with E-state index in [0.717, 1.165) is 54.4 Å². The third kappa shape index (κ3) is 5.42. The molecule has 148 valence electrons. The SMILES string of the molecule is CCCCC[C@](C)(OC)C(=O)Nc1ccc(OCCCC)c2ncccc12. The maximum atomic E-state index is 12.9. The van der Waals surface area contributed by atoms with E-state index in [9.17, 15) is 4.79 Å². The number of anilines is 1. The molecule has 1 aromatic carbocycles. The predicted molar refractivity (Wildman–Crippen MR) is 110 cm³/mol. The van der Waals surface area contributed by atoms with E-state index in [0.29, 0.717) is 13.0 Å². The van der Waals surface area contributed by atoms with E-state index in [4.69, 9.17) is 9.47 Å². The molecule has 1 amide bonds. The molecule has 0 saturated heterocycles. The number of ether oxygens (including phenoxy) is 2. The molecule has 0 fully saturated rings. The second-order valence-electron chi connectivity index (χ2n) is 7.06. The van der Waals surface area contributed by atoms with Crippen LogP contribution in [-0.2, 0) is 9.53 Å². The number of hydrogen-bond acceptors (Lipinski definition) is 4. The Balaban J connectivity index is 2.23. The molecule has 2 aromatic rings. The van der Waals surface area contributed by atoms with Crippen LogP contribution < -0.4 is 10.1 Å². The van der Waals surface area contributed by atoms with Gasteiger partial charge in [-0.1, -0.05) is 39.5 Å². The van der Waals surface area contributed by atoms with E-state index in [-0.39, 0.29) is 5.91 Å². The van der Waals surface area contributed by atoms with Crippen molar-refractivity contribution >= 4 is 22.5 Å². The van der Waals surface area contributed by atoms with E-state index in [2.05, 4.69) is 24.1 Å². The van der Waals surface area contributed by atoms with Gasteiger partial charge >= 0.3 is 0 Å². The van der Waals surface area contributed by atoms with E-state index in [1.807, 2.05) is 31.2 Å². The number of amides is 1. The van der Waals surface area contributed by atoms with Crippen LogP contribution in [0.5, 0.6) is 5.75 Å². The summed E-state index contributed by atoms with van der Waals surface area (Å²) in [7, 11) is 1.59. The van der Waals surface area contributed by atoms with Crippen molar-refractivity contribution in [2.45, 2.75) is 64.9 Å². The molecule has 1 N–H and O–H groups in total. The summed E-state index contributed by atoms with van der Waals surface area (Å²) in [5.41, 5.74) is 0.640. The van der Waals surface area contributed by atoms with Crippen molar-refractivity contribution in [3.8, 4) is 5.75 Å². The maximum absolute atomic E-state index is 12.9. The van der Waals surface area contributed by atoms with Crippen LogP contribution in [0, 0.1) is 0 Å². The molecule has 0 bridgehead atoms. The Labute approximate surface area is 162 Å². The molecule has 0 saturated carbocycles. The number of carbonyl (C=O) groups is 1. The highest BCUT2D eigenvalue weighted by atomic mass is 16.5. The number of nitrogens with one attached hydrogen (secondary N) is 1. The molecule has 2 rings (SSSR count). The van der Waals surface area contributed by atoms with Crippen LogP contribution in [0.15, 0.2) is 30.5 Å². The highest BCUT2D eigenvalue weighted by Gasteiger charge is 2.32. The summed E-state index contributed by atoms with van der Waals surface area (Å²) < 4.78 is 11.4. The van der Waals surface area contributed by atoms with Crippen molar-refractivity contribution in [1.29, 1.82) is 0 Å². The molecule has 5 heteroatoms. The zero-order chi connectivity index (χ0) is 19.7. The van der Waals surface area contributed by atoms with Gasteiger partial charge in [0.1, 0.15) is 16.9 Å². The topological polar surface area (TPSA) is 60.5 Å². The van der Waals surface area contributed by atoms with Crippen LogP contribution >= 0.6 is 0 Å². The minimum atomic E-state index is -0.847. The van der Waals surface area contributed by atoms with Gasteiger partial charge in [0.15, 0.2) is 0 Å². The fraction of sp³-hybridized carbons (Fsp3) is 0.545. The molecule has 0 radical (unpaired) electrons. The van der Waals surface area contributed by atoms with Crippen LogP contribution in [0.2, 0.25) is 0 Å². The number of pyridine rings is 1. The lowest BCUT2D eigenvalue weighted by Gasteiger charge is -2.27. The molecule has 0 aliphatic carbocycles. The summed E-state index contributed by atoms with van der Waals surface area (Å²) in [5.74, 6) is 0.611. The third-order valence-corrected chi connectivity index (χ3v) is 4.92. The van der Waals surface area contributed by atoms with Gasteiger partial charge < -0.3 is 14.8 Å². The minimum Gasteiger partial charge on any atom is -0.491 e. The Bertz CT molecular complexity index is 747. The fourth-order valence-corrected chi connectivity index (χ4v) is 2.97. The van der Waals surface area contributed by atoms with Gasteiger partial charge in [-0.25, -0.2) is 0 Å². The van der Waals surface area contributed by atoms with E-state index in [1.54, 1.807) is 13.3 Å². The number of benzene rings is 1. The van der Waals surface area contributed by atoms with Gasteiger partial charge in [0.05, 0.1) is 12.3 Å². The first-order valence-electron chi connectivity index (χ1n) is 9.92. The molecule has 0 aliphatic heterocycles. The molecule has 0 aliphatic rings. The van der Waals surface area contributed by atoms with Gasteiger partial charge in [0.25, 0.3) is 5.91 Å². The summed E-state index contributed by atoms with van der Waals surface area (Å²) in [6, 6.07) is 7.57. The van der Waals surface area contributed by atoms with Gasteiger partial charge in [0, 0.05) is 18.7 Å². The van der Waals surface area contributed by atoms with Crippen molar-refractivity contribution in [2.75, 3.05) is 19.0 Å². The van der Waals surface area contributed by atoms with Crippen molar-refractivity contribution in [3.05, 3.63) is 30.5 Å². The number of fused-ring (bicyclic) bond motifs is 1. The number of nitrogens with zero attached hydrogens (tertiary/aromatic N) is 1. The molecule has 0 unspecified atom stereocenters. The first-order valence-corrected chi connectivity index (χ1v) is 9.92. The molecule has 27 heavy (non-hydrogen) atoms. The third-order valence-electron chi connectivity index (χ3n) is 4.92. The van der Waals surface area contributed by atoms with Crippen LogP contribution in [0.25, 0.3) is 10.9 Å². The lowest BCUT2D eigenvalue weighted by atomic mass is 9.96. The van der Waals surface area contributed by atoms with Crippen molar-refractivity contribution in [3.63, 3.8) is 0 Å². The van der Waals surface area contributed by atoms with Gasteiger partial charge in [-0.3, -0.25) is 9.78 Å². The summed E-state index contributed by atoms with van der Waals surface area (Å²) in [6.07, 6.45) is 7.66. The van der Waals surface area contributed by atoms with Crippen LogP contribution in [0.3, 0.4) is 0 Å². The Morgan fingerprint density at radius 1 is 1.15 bits per heavy atom. The molecule has 1 atom stereocenters. The van der Waals surface area contributed by atoms with Crippen LogP contribution in [-0.4, -0.2) is 30.2 Å². The fourth-order valence-electron chi connectivity index (χ4n) is 2.97. The lowest BCUT2D eigenvalue weighted by Crippen LogP contribution is -2.42. The van der Waals surface area contributed by atoms with E-state index < -0.39 is 5.60 Å². The normalized spacial score (nSPS) is 13.3. The second kappa shape index (κ2) is 10.3. The Morgan fingerprint density at radius 3 is 2.63 bits per heavy atom. The zero-order valence-corrected chi connectivity index (χ0v) is 17.0. The van der Waals surface area contributed by atoms with Gasteiger partial charge in [-0.15, -0.1) is 0 Å². The summed E-state index contributed by atoms with van der Waals surface area (Å²) in [4.78, 5) is 17.4. The summed E-state index contributed by atoms with van der Waals surface area (Å²) in [6.45, 7) is 6.78. The number of methoxy groups -OCH3 is 1. The number of aromatic nitrogens is 1. The second-order valence-corrected chi connectivity index (χ2v) is 7.06. The monoisotopic (exact) mass is 372 g/mol. The van der Waals surface area contributed by atoms with Crippen molar-refractivity contribution in [2.24, 2.45) is 0 Å². The number of carbonyl (C=O) groups excluding carboxylic acids is 1. The van der Waals surface area contributed by atoms with E-state index >= 15 is 0 Å². The molecular formula is C22H32N2O3. The Hall–Kier alpha value is -2.14. The summed E-state index contributed by atoms with van der Waals surface area (Å²) >= 11 is 0. The number of unbranched alkanes of at least 4 members (excludes halogenated alkanes) is 3. The maximum Gasteiger partial charge on any atom is 0.256 e. The molecule has 5 nitrogen and oxygen atoms in total. The number of rotatable bonds is 11. The summed E-state index contributed by atoms with van der Waals surface area (Å²) in [5, 5.41) is 3.91. The van der Waals surface area contributed by atoms with E-state index in [1.165, 1.54) is 0 Å². The molecule has 1 heterocycles. The highest BCUT2D eigenvalue weighted by Crippen LogP contribution is 2.31. The van der Waals surface area contributed by atoms with Crippen molar-refractivity contribution < 1.29 is 14.3 Å². The van der Waals surface area contributed by atoms with Crippen LogP contribution in [0.1, 0.15) is 59.3 Å². The van der Waals surface area contributed by atoms with Gasteiger partial charge in [-0.05, 0) is 44.0 Å². The minimum absolute atomic E-state index is 0.133. The average Bonchev–Trinajstić information content (AvgIpc) is 2.69. The Kier molecular flexibility index (Phi) is 8.04. The lowest BCUT2D eigenvalue weighted by molar-refractivity contribution is -0.136. The van der Waals surface area contributed by atoms with Gasteiger partial charge in [0.2, 0.25) is 0 Å². The first kappa shape index (κ1) is 21.2. The van der Waals surface area contributed by atoms with Gasteiger partial charge in [-0.2, -0.15) is 0 Å². The molecular weight excluding hydrogens is 340 g/mol. The smallest absolute Gasteiger partial charge is 0.256 e. The molecule has 0 spiro atoms. The first-order chi connectivity index (χ1) is 13.1. The van der Waals surface area contributed by atoms with Crippen molar-refractivity contribution in [1.82, 2.24) is 4.98 Å². The standard InChI is InChI=1S/C22H32N2O3/c1-5-7-9-14-22(3,26-4)21(25)24-18-12-13-19(27-16-8-6-2)20-17(18)11-10-15-23-20/h10-13,15H,5-9,14,16H2,1-4H3,(H,24,25)/t22-/m0/s1.